The van der Waals surface area contributed by atoms with E-state index in [1.54, 1.807) is 0 Å². The van der Waals surface area contributed by atoms with Gasteiger partial charge in [-0.1, -0.05) is 6.42 Å². The van der Waals surface area contributed by atoms with Gasteiger partial charge in [0.1, 0.15) is 0 Å². The normalized spacial score (nSPS) is 34.9. The zero-order valence-corrected chi connectivity index (χ0v) is 10.0. The maximum Gasteiger partial charge on any atom is 0.208 e. The van der Waals surface area contributed by atoms with E-state index < -0.39 is 10.0 Å². The standard InChI is InChI=1S/C10H20N2O2S/c1-15(13,14)12-5-4-11-10-7-8-2-3-9(10)6-8/h8-12H,2-7H2,1H3. The predicted octanol–water partition coefficient (Wildman–Crippen LogP) is 0.314. The maximum absolute atomic E-state index is 10.8. The second kappa shape index (κ2) is 4.39. The van der Waals surface area contributed by atoms with Gasteiger partial charge in [-0.05, 0) is 31.1 Å². The van der Waals surface area contributed by atoms with Crippen molar-refractivity contribution in [2.45, 2.75) is 31.7 Å². The summed E-state index contributed by atoms with van der Waals surface area (Å²) in [6.45, 7) is 1.26. The highest BCUT2D eigenvalue weighted by Crippen LogP contribution is 2.44. The predicted molar refractivity (Wildman–Crippen MR) is 60.1 cm³/mol. The van der Waals surface area contributed by atoms with Crippen LogP contribution in [0.5, 0.6) is 0 Å². The van der Waals surface area contributed by atoms with Crippen LogP contribution in [0.3, 0.4) is 0 Å². The Bertz CT molecular complexity index is 315. The summed E-state index contributed by atoms with van der Waals surface area (Å²) in [5.74, 6) is 1.80. The molecule has 0 aliphatic heterocycles. The van der Waals surface area contributed by atoms with Crippen molar-refractivity contribution in [1.82, 2.24) is 10.0 Å². The van der Waals surface area contributed by atoms with E-state index in [0.29, 0.717) is 12.6 Å². The smallest absolute Gasteiger partial charge is 0.208 e. The lowest BCUT2D eigenvalue weighted by Gasteiger charge is -2.22. The van der Waals surface area contributed by atoms with Crippen molar-refractivity contribution >= 4 is 10.0 Å². The largest absolute Gasteiger partial charge is 0.312 e. The van der Waals surface area contributed by atoms with Crippen molar-refractivity contribution < 1.29 is 8.42 Å². The third-order valence-electron chi connectivity index (χ3n) is 3.63. The van der Waals surface area contributed by atoms with Gasteiger partial charge in [0.15, 0.2) is 0 Å². The molecule has 2 aliphatic rings. The van der Waals surface area contributed by atoms with E-state index >= 15 is 0 Å². The first-order valence-corrected chi connectivity index (χ1v) is 7.62. The van der Waals surface area contributed by atoms with Crippen LogP contribution in [-0.4, -0.2) is 33.8 Å². The summed E-state index contributed by atoms with van der Waals surface area (Å²) in [6.07, 6.45) is 6.65. The lowest BCUT2D eigenvalue weighted by molar-refractivity contribution is 0.354. The molecule has 88 valence electrons. The first kappa shape index (κ1) is 11.4. The van der Waals surface area contributed by atoms with Crippen LogP contribution in [0.1, 0.15) is 25.7 Å². The second-order valence-electron chi connectivity index (χ2n) is 4.90. The molecular weight excluding hydrogens is 212 g/mol. The number of sulfonamides is 1. The third-order valence-corrected chi connectivity index (χ3v) is 4.36. The number of fused-ring (bicyclic) bond motifs is 2. The van der Waals surface area contributed by atoms with Gasteiger partial charge in [0.2, 0.25) is 10.0 Å². The molecular formula is C10H20N2O2S. The summed E-state index contributed by atoms with van der Waals surface area (Å²) in [5.41, 5.74) is 0. The molecule has 2 N–H and O–H groups in total. The summed E-state index contributed by atoms with van der Waals surface area (Å²) in [7, 11) is -3.02. The Morgan fingerprint density at radius 1 is 1.20 bits per heavy atom. The fourth-order valence-corrected chi connectivity index (χ4v) is 3.46. The van der Waals surface area contributed by atoms with Crippen molar-refractivity contribution in [2.24, 2.45) is 11.8 Å². The van der Waals surface area contributed by atoms with Gasteiger partial charge in [0, 0.05) is 19.1 Å². The number of rotatable bonds is 5. The monoisotopic (exact) mass is 232 g/mol. The summed E-state index contributed by atoms with van der Waals surface area (Å²) >= 11 is 0. The Hall–Kier alpha value is -0.130. The third kappa shape index (κ3) is 3.16. The molecule has 0 heterocycles. The van der Waals surface area contributed by atoms with Crippen molar-refractivity contribution in [2.75, 3.05) is 19.3 Å². The minimum absolute atomic E-state index is 0.507. The number of nitrogens with one attached hydrogen (secondary N) is 2. The van der Waals surface area contributed by atoms with Gasteiger partial charge < -0.3 is 5.32 Å². The maximum atomic E-state index is 10.8. The van der Waals surface area contributed by atoms with Crippen LogP contribution >= 0.6 is 0 Å². The van der Waals surface area contributed by atoms with Crippen LogP contribution in [0, 0.1) is 11.8 Å². The molecule has 2 saturated carbocycles. The van der Waals surface area contributed by atoms with Crippen molar-refractivity contribution in [3.8, 4) is 0 Å². The van der Waals surface area contributed by atoms with Crippen LogP contribution in [0.15, 0.2) is 0 Å². The number of hydrogen-bond donors (Lipinski definition) is 2. The van der Waals surface area contributed by atoms with Crippen LogP contribution < -0.4 is 10.0 Å². The molecule has 0 spiro atoms. The zero-order chi connectivity index (χ0) is 10.9. The first-order valence-electron chi connectivity index (χ1n) is 5.72. The fourth-order valence-electron chi connectivity index (χ4n) is 2.99. The van der Waals surface area contributed by atoms with Crippen LogP contribution in [-0.2, 0) is 10.0 Å². The molecule has 0 radical (unpaired) electrons. The molecule has 2 aliphatic carbocycles. The zero-order valence-electron chi connectivity index (χ0n) is 9.20. The molecule has 2 rings (SSSR count). The van der Waals surface area contributed by atoms with E-state index in [2.05, 4.69) is 10.0 Å². The Kier molecular flexibility index (Phi) is 3.33. The van der Waals surface area contributed by atoms with Gasteiger partial charge in [-0.25, -0.2) is 13.1 Å². The Balaban J connectivity index is 1.63. The minimum atomic E-state index is -3.02. The lowest BCUT2D eigenvalue weighted by Crippen LogP contribution is -2.39. The highest BCUT2D eigenvalue weighted by molar-refractivity contribution is 7.88. The Morgan fingerprint density at radius 2 is 2.00 bits per heavy atom. The number of hydrogen-bond acceptors (Lipinski definition) is 3. The van der Waals surface area contributed by atoms with Crippen molar-refractivity contribution in [3.63, 3.8) is 0 Å². The van der Waals surface area contributed by atoms with Gasteiger partial charge in [-0.15, -0.1) is 0 Å². The molecule has 0 aromatic heterocycles. The molecule has 3 atom stereocenters. The van der Waals surface area contributed by atoms with E-state index in [1.807, 2.05) is 0 Å². The Morgan fingerprint density at radius 3 is 2.53 bits per heavy atom. The topological polar surface area (TPSA) is 58.2 Å². The van der Waals surface area contributed by atoms with Gasteiger partial charge in [0.05, 0.1) is 6.26 Å². The molecule has 15 heavy (non-hydrogen) atoms. The molecule has 2 fully saturated rings. The van der Waals surface area contributed by atoms with Crippen LogP contribution in [0.25, 0.3) is 0 Å². The minimum Gasteiger partial charge on any atom is -0.312 e. The lowest BCUT2D eigenvalue weighted by atomic mass is 9.95. The highest BCUT2D eigenvalue weighted by atomic mass is 32.2. The molecule has 0 aromatic carbocycles. The fraction of sp³-hybridized carbons (Fsp3) is 1.00. The average molecular weight is 232 g/mol. The van der Waals surface area contributed by atoms with E-state index in [1.165, 1.54) is 31.9 Å². The van der Waals surface area contributed by atoms with Gasteiger partial charge >= 0.3 is 0 Å². The second-order valence-corrected chi connectivity index (χ2v) is 6.73. The van der Waals surface area contributed by atoms with Gasteiger partial charge in [-0.2, -0.15) is 0 Å². The quantitative estimate of drug-likeness (QED) is 0.671. The van der Waals surface area contributed by atoms with Gasteiger partial charge in [0.25, 0.3) is 0 Å². The van der Waals surface area contributed by atoms with E-state index in [9.17, 15) is 8.42 Å². The van der Waals surface area contributed by atoms with Crippen LogP contribution in [0.4, 0.5) is 0 Å². The molecule has 5 heteroatoms. The van der Waals surface area contributed by atoms with Crippen LogP contribution in [0.2, 0.25) is 0 Å². The summed E-state index contributed by atoms with van der Waals surface area (Å²) < 4.78 is 24.1. The molecule has 3 unspecified atom stereocenters. The van der Waals surface area contributed by atoms with E-state index in [4.69, 9.17) is 0 Å². The van der Waals surface area contributed by atoms with E-state index in [-0.39, 0.29) is 0 Å². The van der Waals surface area contributed by atoms with Crippen molar-refractivity contribution in [3.05, 3.63) is 0 Å². The highest BCUT2D eigenvalue weighted by Gasteiger charge is 2.38. The molecule has 0 aromatic rings. The van der Waals surface area contributed by atoms with Gasteiger partial charge in [-0.3, -0.25) is 0 Å². The molecule has 0 amide bonds. The average Bonchev–Trinajstić information content (AvgIpc) is 2.71. The Labute approximate surface area is 91.9 Å². The summed E-state index contributed by atoms with van der Waals surface area (Å²) in [6, 6.07) is 0.644. The summed E-state index contributed by atoms with van der Waals surface area (Å²) in [4.78, 5) is 0. The SMILES string of the molecule is CS(=O)(=O)NCCNC1CC2CCC1C2. The molecule has 4 nitrogen and oxygen atoms in total. The van der Waals surface area contributed by atoms with Crippen molar-refractivity contribution in [1.29, 1.82) is 0 Å². The molecule has 0 saturated heterocycles. The molecule has 2 bridgehead atoms. The first-order chi connectivity index (χ1) is 7.04. The summed E-state index contributed by atoms with van der Waals surface area (Å²) in [5, 5.41) is 3.46. The van der Waals surface area contributed by atoms with E-state index in [0.717, 1.165) is 18.4 Å².